The lowest BCUT2D eigenvalue weighted by molar-refractivity contribution is -0.116. The van der Waals surface area contributed by atoms with Gasteiger partial charge >= 0.3 is 0 Å². The van der Waals surface area contributed by atoms with Gasteiger partial charge in [0.15, 0.2) is 5.78 Å². The lowest BCUT2D eigenvalue weighted by Crippen LogP contribution is -2.29. The molecule has 2 aromatic rings. The first-order valence-corrected chi connectivity index (χ1v) is 8.53. The van der Waals surface area contributed by atoms with Crippen molar-refractivity contribution in [3.05, 3.63) is 57.3 Å². The summed E-state index contributed by atoms with van der Waals surface area (Å²) in [5.74, 6) is -0.542. The van der Waals surface area contributed by atoms with Gasteiger partial charge in [-0.25, -0.2) is 4.98 Å². The van der Waals surface area contributed by atoms with Crippen LogP contribution in [0.3, 0.4) is 0 Å². The zero-order valence-electron chi connectivity index (χ0n) is 15.0. The van der Waals surface area contributed by atoms with Gasteiger partial charge < -0.3 is 15.0 Å². The number of carbonyl (C=O) groups is 3. The molecule has 0 aromatic carbocycles. The van der Waals surface area contributed by atoms with Crippen molar-refractivity contribution in [1.82, 2.24) is 15.3 Å². The topological polar surface area (TPSA) is 118 Å². The number of fused-ring (bicyclic) bond motifs is 1. The van der Waals surface area contributed by atoms with Crippen LogP contribution in [0.15, 0.2) is 29.1 Å². The van der Waals surface area contributed by atoms with Crippen molar-refractivity contribution >= 4 is 17.5 Å². The van der Waals surface area contributed by atoms with E-state index >= 15 is 0 Å². The molecule has 0 radical (unpaired) electrons. The van der Waals surface area contributed by atoms with Gasteiger partial charge in [-0.1, -0.05) is 6.07 Å². The van der Waals surface area contributed by atoms with Crippen LogP contribution < -0.4 is 15.6 Å². The van der Waals surface area contributed by atoms with E-state index in [2.05, 4.69) is 15.3 Å². The van der Waals surface area contributed by atoms with Crippen molar-refractivity contribution in [1.29, 1.82) is 0 Å². The Balaban J connectivity index is 1.81. The number of H-pyrrole nitrogens is 1. The summed E-state index contributed by atoms with van der Waals surface area (Å²) in [6.45, 7) is 3.38. The summed E-state index contributed by atoms with van der Waals surface area (Å²) < 4.78 is 5.82. The van der Waals surface area contributed by atoms with Crippen LogP contribution in [0.2, 0.25) is 0 Å². The highest BCUT2D eigenvalue weighted by molar-refractivity contribution is 5.99. The maximum absolute atomic E-state index is 12.4. The lowest BCUT2D eigenvalue weighted by atomic mass is 9.99. The van der Waals surface area contributed by atoms with Crippen LogP contribution in [0.1, 0.15) is 58.1 Å². The van der Waals surface area contributed by atoms with E-state index in [9.17, 15) is 19.2 Å². The van der Waals surface area contributed by atoms with E-state index in [0.29, 0.717) is 11.4 Å². The highest BCUT2D eigenvalue weighted by Gasteiger charge is 2.31. The summed E-state index contributed by atoms with van der Waals surface area (Å²) >= 11 is 0. The number of aromatic nitrogens is 2. The monoisotopic (exact) mass is 369 g/mol. The SMILES string of the molecule is CC(=O)CCNC(=O)c1cccc(C2CC(=O)c3c(cc(C)[nH]c3=O)O2)n1. The first-order chi connectivity index (χ1) is 12.8. The highest BCUT2D eigenvalue weighted by atomic mass is 16.5. The zero-order chi connectivity index (χ0) is 19.6. The third-order valence-corrected chi connectivity index (χ3v) is 4.15. The molecule has 2 N–H and O–H groups in total. The van der Waals surface area contributed by atoms with Crippen LogP contribution in [0.25, 0.3) is 0 Å². The normalized spacial score (nSPS) is 15.6. The molecule has 3 rings (SSSR count). The summed E-state index contributed by atoms with van der Waals surface area (Å²) in [6.07, 6.45) is -0.478. The fraction of sp³-hybridized carbons (Fsp3) is 0.316. The van der Waals surface area contributed by atoms with Crippen molar-refractivity contribution in [2.24, 2.45) is 0 Å². The number of nitrogens with zero attached hydrogens (tertiary/aromatic N) is 1. The maximum Gasteiger partial charge on any atom is 0.269 e. The van der Waals surface area contributed by atoms with Crippen LogP contribution in [0.4, 0.5) is 0 Å². The van der Waals surface area contributed by atoms with E-state index in [4.69, 9.17) is 4.74 Å². The van der Waals surface area contributed by atoms with E-state index < -0.39 is 17.6 Å². The molecule has 1 atom stereocenters. The summed E-state index contributed by atoms with van der Waals surface area (Å²) in [7, 11) is 0. The maximum atomic E-state index is 12.4. The van der Waals surface area contributed by atoms with Gasteiger partial charge in [0.25, 0.3) is 11.5 Å². The van der Waals surface area contributed by atoms with Crippen LogP contribution in [0.5, 0.6) is 5.75 Å². The number of hydrogen-bond donors (Lipinski definition) is 2. The molecule has 2 aromatic heterocycles. The lowest BCUT2D eigenvalue weighted by Gasteiger charge is -2.24. The quantitative estimate of drug-likeness (QED) is 0.824. The van der Waals surface area contributed by atoms with Crippen molar-refractivity contribution in [2.45, 2.75) is 32.8 Å². The number of aromatic amines is 1. The Morgan fingerprint density at radius 2 is 2.11 bits per heavy atom. The van der Waals surface area contributed by atoms with Crippen molar-refractivity contribution in [3.63, 3.8) is 0 Å². The number of amides is 1. The Kier molecular flexibility index (Phi) is 5.16. The molecule has 0 saturated carbocycles. The molecule has 0 bridgehead atoms. The second-order valence-corrected chi connectivity index (χ2v) is 6.41. The Hall–Kier alpha value is -3.29. The number of Topliss-reactive ketones (excluding diaryl/α,β-unsaturated/α-hetero) is 2. The number of carbonyl (C=O) groups excluding carboxylic acids is 3. The second-order valence-electron chi connectivity index (χ2n) is 6.41. The van der Waals surface area contributed by atoms with Crippen molar-refractivity contribution in [2.75, 3.05) is 6.54 Å². The molecule has 0 aliphatic carbocycles. The number of aryl methyl sites for hydroxylation is 1. The van der Waals surface area contributed by atoms with E-state index in [1.165, 1.54) is 6.92 Å². The van der Waals surface area contributed by atoms with Crippen molar-refractivity contribution in [3.8, 4) is 5.75 Å². The Labute approximate surface area is 155 Å². The number of ether oxygens (including phenoxy) is 1. The van der Waals surface area contributed by atoms with Crippen molar-refractivity contribution < 1.29 is 19.1 Å². The first kappa shape index (κ1) is 18.5. The average molecular weight is 369 g/mol. The summed E-state index contributed by atoms with van der Waals surface area (Å²) in [5, 5.41) is 2.62. The molecule has 0 spiro atoms. The van der Waals surface area contributed by atoms with Gasteiger partial charge in [0, 0.05) is 24.7 Å². The van der Waals surface area contributed by atoms with Gasteiger partial charge in [-0.05, 0) is 26.0 Å². The van der Waals surface area contributed by atoms with Crippen LogP contribution in [0, 0.1) is 6.92 Å². The predicted molar refractivity (Wildman–Crippen MR) is 96.0 cm³/mol. The van der Waals surface area contributed by atoms with Gasteiger partial charge in [0.2, 0.25) is 0 Å². The molecule has 8 nitrogen and oxygen atoms in total. The fourth-order valence-electron chi connectivity index (χ4n) is 2.85. The molecule has 0 fully saturated rings. The molecule has 0 saturated heterocycles. The fourth-order valence-corrected chi connectivity index (χ4v) is 2.85. The molecule has 1 aliphatic heterocycles. The molecule has 3 heterocycles. The predicted octanol–water partition coefficient (Wildman–Crippen LogP) is 1.49. The first-order valence-electron chi connectivity index (χ1n) is 8.53. The number of hydrogen-bond acceptors (Lipinski definition) is 6. The van der Waals surface area contributed by atoms with Gasteiger partial charge in [-0.15, -0.1) is 0 Å². The zero-order valence-corrected chi connectivity index (χ0v) is 15.0. The Bertz CT molecular complexity index is 980. The number of ketones is 2. The Morgan fingerprint density at radius 3 is 2.85 bits per heavy atom. The minimum Gasteiger partial charge on any atom is -0.483 e. The van der Waals surface area contributed by atoms with E-state index in [1.807, 2.05) is 0 Å². The molecule has 8 heteroatoms. The largest absolute Gasteiger partial charge is 0.483 e. The number of nitrogens with one attached hydrogen (secondary N) is 2. The number of pyridine rings is 2. The van der Waals surface area contributed by atoms with E-state index in [-0.39, 0.29) is 48.0 Å². The third-order valence-electron chi connectivity index (χ3n) is 4.15. The Morgan fingerprint density at radius 1 is 1.33 bits per heavy atom. The highest BCUT2D eigenvalue weighted by Crippen LogP contribution is 2.32. The smallest absolute Gasteiger partial charge is 0.269 e. The minimum atomic E-state index is -0.684. The van der Waals surface area contributed by atoms with E-state index in [1.54, 1.807) is 31.2 Å². The molecule has 1 aliphatic rings. The summed E-state index contributed by atoms with van der Waals surface area (Å²) in [5.41, 5.74) is 0.708. The minimum absolute atomic E-state index is 0.00924. The van der Waals surface area contributed by atoms with Gasteiger partial charge in [0.05, 0.1) is 12.1 Å². The third kappa shape index (κ3) is 4.11. The van der Waals surface area contributed by atoms with E-state index in [0.717, 1.165) is 0 Å². The number of rotatable bonds is 5. The van der Waals surface area contributed by atoms with Gasteiger partial charge in [-0.3, -0.25) is 19.2 Å². The van der Waals surface area contributed by atoms with Crippen LogP contribution in [-0.2, 0) is 4.79 Å². The molecular weight excluding hydrogens is 350 g/mol. The van der Waals surface area contributed by atoms with Crippen LogP contribution >= 0.6 is 0 Å². The van der Waals surface area contributed by atoms with Gasteiger partial charge in [0.1, 0.15) is 28.9 Å². The second kappa shape index (κ2) is 7.53. The molecule has 27 heavy (non-hydrogen) atoms. The molecule has 140 valence electrons. The molecular formula is C19H19N3O5. The standard InChI is InChI=1S/C19H19N3O5/c1-10-8-16-17(19(26)21-10)14(24)9-15(27-16)12-4-3-5-13(22-12)18(25)20-7-6-11(2)23/h3-5,8,15H,6-7,9H2,1-2H3,(H,20,25)(H,21,26). The van der Waals surface area contributed by atoms with Crippen LogP contribution in [-0.4, -0.2) is 34.0 Å². The molecule has 1 unspecified atom stereocenters. The summed E-state index contributed by atoms with van der Waals surface area (Å²) in [4.78, 5) is 54.4. The molecule has 1 amide bonds. The summed E-state index contributed by atoms with van der Waals surface area (Å²) in [6, 6.07) is 6.45. The van der Waals surface area contributed by atoms with Gasteiger partial charge in [-0.2, -0.15) is 0 Å². The average Bonchev–Trinajstić information content (AvgIpc) is 2.60.